The van der Waals surface area contributed by atoms with Gasteiger partial charge in [-0.2, -0.15) is 8.42 Å². The Morgan fingerprint density at radius 3 is 2.52 bits per heavy atom. The summed E-state index contributed by atoms with van der Waals surface area (Å²) in [7, 11) is -3.61. The smallest absolute Gasteiger partial charge is 0.318 e. The predicted molar refractivity (Wildman–Crippen MR) is 103 cm³/mol. The summed E-state index contributed by atoms with van der Waals surface area (Å²) in [6, 6.07) is 10.0. The van der Waals surface area contributed by atoms with Crippen molar-refractivity contribution in [2.45, 2.75) is 46.3 Å². The Kier molecular flexibility index (Phi) is 6.54. The molecular formula is C19H26N2O5S. The van der Waals surface area contributed by atoms with Gasteiger partial charge in [0.05, 0.1) is 18.6 Å². The lowest BCUT2D eigenvalue weighted by atomic mass is 10.1. The van der Waals surface area contributed by atoms with Gasteiger partial charge in [0.1, 0.15) is 11.5 Å². The summed E-state index contributed by atoms with van der Waals surface area (Å²) in [5.74, 6) is 0.763. The Hall–Kier alpha value is -2.48. The van der Waals surface area contributed by atoms with Gasteiger partial charge in [0, 0.05) is 12.1 Å². The molecule has 0 aliphatic rings. The van der Waals surface area contributed by atoms with Gasteiger partial charge < -0.3 is 18.8 Å². The third kappa shape index (κ3) is 6.97. The fourth-order valence-corrected chi connectivity index (χ4v) is 2.83. The normalized spacial score (nSPS) is 11.9. The van der Waals surface area contributed by atoms with Crippen LogP contribution in [-0.2, 0) is 23.2 Å². The lowest BCUT2D eigenvalue weighted by Gasteiger charge is -2.28. The quantitative estimate of drug-likeness (QED) is 0.726. The molecule has 0 radical (unpaired) electrons. The first-order valence-corrected chi connectivity index (χ1v) is 10.3. The lowest BCUT2D eigenvalue weighted by molar-refractivity contribution is 0.178. The summed E-state index contributed by atoms with van der Waals surface area (Å²) in [4.78, 5) is 14.3. The van der Waals surface area contributed by atoms with Crippen LogP contribution in [0.2, 0.25) is 0 Å². The monoisotopic (exact) mass is 394 g/mol. The second-order valence-electron chi connectivity index (χ2n) is 7.19. The molecule has 0 unspecified atom stereocenters. The molecule has 0 fully saturated rings. The van der Waals surface area contributed by atoms with Gasteiger partial charge in [-0.05, 0) is 57.5 Å². The minimum Gasteiger partial charge on any atom is -0.467 e. The van der Waals surface area contributed by atoms with Gasteiger partial charge in [0.2, 0.25) is 0 Å². The molecular weight excluding hydrogens is 368 g/mol. The van der Waals surface area contributed by atoms with Crippen LogP contribution in [0.4, 0.5) is 4.79 Å². The second-order valence-corrected chi connectivity index (χ2v) is 9.05. The Balaban J connectivity index is 2.20. The van der Waals surface area contributed by atoms with E-state index in [9.17, 15) is 13.2 Å². The Morgan fingerprint density at radius 1 is 1.19 bits per heavy atom. The van der Waals surface area contributed by atoms with Gasteiger partial charge in [-0.15, -0.1) is 0 Å². The van der Waals surface area contributed by atoms with E-state index in [4.69, 9.17) is 8.60 Å². The van der Waals surface area contributed by atoms with E-state index in [1.54, 1.807) is 41.5 Å². The van der Waals surface area contributed by atoms with Crippen LogP contribution in [-0.4, -0.2) is 30.6 Å². The van der Waals surface area contributed by atoms with Crippen LogP contribution < -0.4 is 9.50 Å². The SMILES string of the molecule is CCS(=O)(=O)Oc1cccc(CN(Cc2ccco2)C(=O)NC(C)(C)C)c1. The number of carbonyl (C=O) groups is 1. The molecule has 1 aromatic carbocycles. The summed E-state index contributed by atoms with van der Waals surface area (Å²) < 4.78 is 33.8. The average Bonchev–Trinajstić information content (AvgIpc) is 3.06. The van der Waals surface area contributed by atoms with Crippen molar-refractivity contribution >= 4 is 16.1 Å². The number of nitrogens with one attached hydrogen (secondary N) is 1. The summed E-state index contributed by atoms with van der Waals surface area (Å²) in [5.41, 5.74) is 0.355. The van der Waals surface area contributed by atoms with Crippen LogP contribution >= 0.6 is 0 Å². The molecule has 2 aromatic rings. The van der Waals surface area contributed by atoms with Crippen molar-refractivity contribution in [3.05, 3.63) is 54.0 Å². The van der Waals surface area contributed by atoms with E-state index >= 15 is 0 Å². The topological polar surface area (TPSA) is 88.9 Å². The number of benzene rings is 1. The maximum Gasteiger partial charge on any atom is 0.318 e. The van der Waals surface area contributed by atoms with Crippen molar-refractivity contribution < 1.29 is 21.8 Å². The number of furan rings is 1. The zero-order valence-corrected chi connectivity index (χ0v) is 16.9. The zero-order chi connectivity index (χ0) is 20.1. The highest BCUT2D eigenvalue weighted by Gasteiger charge is 2.21. The van der Waals surface area contributed by atoms with Crippen molar-refractivity contribution in [3.63, 3.8) is 0 Å². The van der Waals surface area contributed by atoms with Crippen molar-refractivity contribution in [2.75, 3.05) is 5.75 Å². The number of rotatable bonds is 7. The van der Waals surface area contributed by atoms with Crippen molar-refractivity contribution in [2.24, 2.45) is 0 Å². The highest BCUT2D eigenvalue weighted by molar-refractivity contribution is 7.87. The minimum atomic E-state index is -3.61. The largest absolute Gasteiger partial charge is 0.467 e. The number of amides is 2. The minimum absolute atomic E-state index is 0.115. The van der Waals surface area contributed by atoms with Gasteiger partial charge in [-0.3, -0.25) is 0 Å². The van der Waals surface area contributed by atoms with Gasteiger partial charge in [0.25, 0.3) is 0 Å². The van der Waals surface area contributed by atoms with Crippen LogP contribution in [0.3, 0.4) is 0 Å². The highest BCUT2D eigenvalue weighted by atomic mass is 32.2. The highest BCUT2D eigenvalue weighted by Crippen LogP contribution is 2.19. The summed E-state index contributed by atoms with van der Waals surface area (Å²) in [6.07, 6.45) is 1.55. The van der Waals surface area contributed by atoms with E-state index in [2.05, 4.69) is 5.32 Å². The van der Waals surface area contributed by atoms with Gasteiger partial charge in [0.15, 0.2) is 0 Å². The van der Waals surface area contributed by atoms with E-state index < -0.39 is 15.7 Å². The Labute approximate surface area is 160 Å². The molecule has 2 rings (SSSR count). The standard InChI is InChI=1S/C19H26N2O5S/c1-5-27(23,24)26-16-9-6-8-15(12-16)13-21(14-17-10-7-11-25-17)18(22)20-19(2,3)4/h6-12H,5,13-14H2,1-4H3,(H,20,22). The number of hydrogen-bond donors (Lipinski definition) is 1. The third-order valence-electron chi connectivity index (χ3n) is 3.54. The third-order valence-corrected chi connectivity index (χ3v) is 4.70. The molecule has 0 atom stereocenters. The summed E-state index contributed by atoms with van der Waals surface area (Å²) in [6.45, 7) is 7.78. The molecule has 1 N–H and O–H groups in total. The van der Waals surface area contributed by atoms with Crippen LogP contribution in [0, 0.1) is 0 Å². The first-order valence-electron chi connectivity index (χ1n) is 8.68. The number of carbonyl (C=O) groups excluding carboxylic acids is 1. The van der Waals surface area contributed by atoms with Crippen LogP contribution in [0.5, 0.6) is 5.75 Å². The molecule has 1 aromatic heterocycles. The number of nitrogens with zero attached hydrogens (tertiary/aromatic N) is 1. The molecule has 1 heterocycles. The molecule has 8 heteroatoms. The van der Waals surface area contributed by atoms with Gasteiger partial charge >= 0.3 is 16.1 Å². The van der Waals surface area contributed by atoms with Crippen molar-refractivity contribution in [1.29, 1.82) is 0 Å². The molecule has 0 aliphatic carbocycles. The van der Waals surface area contributed by atoms with E-state index in [-0.39, 0.29) is 30.6 Å². The first kappa shape index (κ1) is 20.8. The second kappa shape index (κ2) is 8.47. The Bertz CT molecular complexity index is 854. The van der Waals surface area contributed by atoms with Crippen molar-refractivity contribution in [3.8, 4) is 5.75 Å². The molecule has 0 saturated carbocycles. The van der Waals surface area contributed by atoms with E-state index in [1.165, 1.54) is 6.92 Å². The van der Waals surface area contributed by atoms with E-state index in [0.717, 1.165) is 5.56 Å². The molecule has 2 amide bonds. The number of hydrogen-bond acceptors (Lipinski definition) is 5. The average molecular weight is 394 g/mol. The maximum atomic E-state index is 12.7. The van der Waals surface area contributed by atoms with Gasteiger partial charge in [-0.1, -0.05) is 12.1 Å². The molecule has 27 heavy (non-hydrogen) atoms. The lowest BCUT2D eigenvalue weighted by Crippen LogP contribution is -2.47. The van der Waals surface area contributed by atoms with Crippen LogP contribution in [0.15, 0.2) is 47.1 Å². The fourth-order valence-electron chi connectivity index (χ4n) is 2.31. The fraction of sp³-hybridized carbons (Fsp3) is 0.421. The first-order chi connectivity index (χ1) is 12.6. The maximum absolute atomic E-state index is 12.7. The predicted octanol–water partition coefficient (Wildman–Crippen LogP) is 3.52. The van der Waals surface area contributed by atoms with E-state index in [0.29, 0.717) is 5.76 Å². The molecule has 0 bridgehead atoms. The van der Waals surface area contributed by atoms with Crippen molar-refractivity contribution in [1.82, 2.24) is 10.2 Å². The summed E-state index contributed by atoms with van der Waals surface area (Å²) in [5, 5.41) is 2.93. The van der Waals surface area contributed by atoms with Crippen LogP contribution in [0.25, 0.3) is 0 Å². The van der Waals surface area contributed by atoms with E-state index in [1.807, 2.05) is 26.8 Å². The van der Waals surface area contributed by atoms with Gasteiger partial charge in [-0.25, -0.2) is 4.79 Å². The molecule has 148 valence electrons. The molecule has 7 nitrogen and oxygen atoms in total. The number of urea groups is 1. The summed E-state index contributed by atoms with van der Waals surface area (Å²) >= 11 is 0. The molecule has 0 spiro atoms. The van der Waals surface area contributed by atoms with Crippen LogP contribution in [0.1, 0.15) is 39.0 Å². The Morgan fingerprint density at radius 2 is 1.93 bits per heavy atom. The molecule has 0 saturated heterocycles. The zero-order valence-electron chi connectivity index (χ0n) is 16.1. The molecule has 0 aliphatic heterocycles.